The van der Waals surface area contributed by atoms with Crippen molar-refractivity contribution in [2.24, 2.45) is 7.05 Å². The predicted octanol–water partition coefficient (Wildman–Crippen LogP) is 2.73. The van der Waals surface area contributed by atoms with Crippen LogP contribution in [0.5, 0.6) is 0 Å². The molecule has 80 valence electrons. The summed E-state index contributed by atoms with van der Waals surface area (Å²) < 4.78 is 3.85. The Hall–Kier alpha value is -1.55. The highest BCUT2D eigenvalue weighted by Gasteiger charge is 2.15. The molecule has 0 amide bonds. The van der Waals surface area contributed by atoms with Gasteiger partial charge in [0.2, 0.25) is 0 Å². The van der Waals surface area contributed by atoms with Crippen molar-refractivity contribution < 1.29 is 4.73 Å². The van der Waals surface area contributed by atoms with E-state index >= 15 is 0 Å². The van der Waals surface area contributed by atoms with Gasteiger partial charge < -0.3 is 5.21 Å². The SMILES string of the molecule is Cn1c2ccc(Br)cc2c2ccc[n+]([O-])c21. The summed E-state index contributed by atoms with van der Waals surface area (Å²) in [6.07, 6.45) is 1.52. The van der Waals surface area contributed by atoms with E-state index in [2.05, 4.69) is 15.9 Å². The Morgan fingerprint density at radius 3 is 2.88 bits per heavy atom. The first kappa shape index (κ1) is 9.66. The van der Waals surface area contributed by atoms with Crippen LogP contribution in [0.15, 0.2) is 41.0 Å². The average Bonchev–Trinajstić information content (AvgIpc) is 2.54. The number of aryl methyl sites for hydroxylation is 1. The molecule has 16 heavy (non-hydrogen) atoms. The van der Waals surface area contributed by atoms with Gasteiger partial charge in [-0.3, -0.25) is 0 Å². The predicted molar refractivity (Wildman–Crippen MR) is 67.1 cm³/mol. The van der Waals surface area contributed by atoms with Gasteiger partial charge in [-0.2, -0.15) is 0 Å². The Kier molecular flexibility index (Phi) is 1.94. The van der Waals surface area contributed by atoms with E-state index < -0.39 is 0 Å². The van der Waals surface area contributed by atoms with E-state index in [-0.39, 0.29) is 0 Å². The van der Waals surface area contributed by atoms with Crippen molar-refractivity contribution in [1.29, 1.82) is 0 Å². The van der Waals surface area contributed by atoms with Crippen molar-refractivity contribution in [3.8, 4) is 0 Å². The maximum atomic E-state index is 11.7. The molecule has 0 aliphatic heterocycles. The van der Waals surface area contributed by atoms with E-state index in [4.69, 9.17) is 0 Å². The maximum absolute atomic E-state index is 11.7. The van der Waals surface area contributed by atoms with Gasteiger partial charge in [-0.1, -0.05) is 15.9 Å². The fraction of sp³-hybridized carbons (Fsp3) is 0.0833. The molecule has 2 heterocycles. The molecule has 0 N–H and O–H groups in total. The van der Waals surface area contributed by atoms with Gasteiger partial charge in [0.25, 0.3) is 5.65 Å². The summed E-state index contributed by atoms with van der Waals surface area (Å²) in [5, 5.41) is 13.8. The molecule has 0 unspecified atom stereocenters. The molecule has 4 heteroatoms. The van der Waals surface area contributed by atoms with E-state index in [1.54, 1.807) is 6.07 Å². The highest BCUT2D eigenvalue weighted by Crippen LogP contribution is 2.28. The Bertz CT molecular complexity index is 703. The second-order valence-electron chi connectivity index (χ2n) is 3.79. The smallest absolute Gasteiger partial charge is 0.292 e. The molecule has 0 bridgehead atoms. The van der Waals surface area contributed by atoms with Gasteiger partial charge in [0.1, 0.15) is 5.52 Å². The summed E-state index contributed by atoms with van der Waals surface area (Å²) >= 11 is 3.45. The fourth-order valence-corrected chi connectivity index (χ4v) is 2.51. The molecule has 0 fully saturated rings. The van der Waals surface area contributed by atoms with E-state index in [1.807, 2.05) is 35.9 Å². The Balaban J connectivity index is 2.65. The number of nitrogens with zero attached hydrogens (tertiary/aromatic N) is 2. The summed E-state index contributed by atoms with van der Waals surface area (Å²) in [5.74, 6) is 0. The molecule has 2 aromatic heterocycles. The number of benzene rings is 1. The summed E-state index contributed by atoms with van der Waals surface area (Å²) in [5.41, 5.74) is 1.75. The number of aromatic nitrogens is 2. The van der Waals surface area contributed by atoms with Crippen LogP contribution >= 0.6 is 15.9 Å². The monoisotopic (exact) mass is 276 g/mol. The molecule has 0 saturated heterocycles. The first-order chi connectivity index (χ1) is 7.68. The van der Waals surface area contributed by atoms with Crippen molar-refractivity contribution in [1.82, 2.24) is 4.57 Å². The second-order valence-corrected chi connectivity index (χ2v) is 4.71. The number of hydrogen-bond donors (Lipinski definition) is 0. The third kappa shape index (κ3) is 1.16. The minimum absolute atomic E-state index is 0.690. The summed E-state index contributed by atoms with van der Waals surface area (Å²) in [4.78, 5) is 0. The number of rotatable bonds is 0. The lowest BCUT2D eigenvalue weighted by Gasteiger charge is -2.02. The summed E-state index contributed by atoms with van der Waals surface area (Å²) in [6, 6.07) is 9.78. The van der Waals surface area contributed by atoms with Crippen molar-refractivity contribution in [3.63, 3.8) is 0 Å². The van der Waals surface area contributed by atoms with Crippen LogP contribution in [0.4, 0.5) is 0 Å². The quantitative estimate of drug-likeness (QED) is 0.459. The third-order valence-corrected chi connectivity index (χ3v) is 3.36. The minimum atomic E-state index is 0.690. The average molecular weight is 277 g/mol. The Morgan fingerprint density at radius 1 is 1.25 bits per heavy atom. The molecule has 0 saturated carbocycles. The van der Waals surface area contributed by atoms with Crippen LogP contribution in [0.25, 0.3) is 21.9 Å². The molecule has 3 nitrogen and oxygen atoms in total. The van der Waals surface area contributed by atoms with Gasteiger partial charge in [-0.15, -0.1) is 0 Å². The van der Waals surface area contributed by atoms with Gasteiger partial charge in [0.15, 0.2) is 0 Å². The first-order valence-corrected chi connectivity index (χ1v) is 5.73. The summed E-state index contributed by atoms with van der Waals surface area (Å²) in [7, 11) is 1.91. The van der Waals surface area contributed by atoms with Crippen LogP contribution in [-0.2, 0) is 7.05 Å². The zero-order valence-corrected chi connectivity index (χ0v) is 10.2. The molecular formula is C12H9BrN2O. The van der Waals surface area contributed by atoms with E-state index in [0.717, 1.165) is 25.5 Å². The van der Waals surface area contributed by atoms with Crippen molar-refractivity contribution >= 4 is 37.9 Å². The Labute approximate surface area is 101 Å². The normalized spacial score (nSPS) is 11.4. The number of pyridine rings is 1. The molecule has 0 aliphatic rings. The van der Waals surface area contributed by atoms with Crippen LogP contribution in [0.2, 0.25) is 0 Å². The Morgan fingerprint density at radius 2 is 2.06 bits per heavy atom. The van der Waals surface area contributed by atoms with Gasteiger partial charge in [0, 0.05) is 9.86 Å². The second kappa shape index (κ2) is 3.22. The number of halogens is 1. The molecule has 0 aliphatic carbocycles. The van der Waals surface area contributed by atoms with Crippen molar-refractivity contribution in [2.75, 3.05) is 0 Å². The lowest BCUT2D eigenvalue weighted by Crippen LogP contribution is -2.27. The maximum Gasteiger partial charge on any atom is 0.292 e. The van der Waals surface area contributed by atoms with Crippen LogP contribution in [0.1, 0.15) is 0 Å². The number of fused-ring (bicyclic) bond motifs is 3. The molecule has 0 atom stereocenters. The van der Waals surface area contributed by atoms with Crippen molar-refractivity contribution in [2.45, 2.75) is 0 Å². The number of hydrogen-bond acceptors (Lipinski definition) is 1. The first-order valence-electron chi connectivity index (χ1n) is 4.94. The zero-order chi connectivity index (χ0) is 11.3. The van der Waals surface area contributed by atoms with Crippen LogP contribution in [0.3, 0.4) is 0 Å². The lowest BCUT2D eigenvalue weighted by atomic mass is 10.2. The molecule has 0 spiro atoms. The van der Waals surface area contributed by atoms with Crippen LogP contribution in [0, 0.1) is 5.21 Å². The molecule has 0 radical (unpaired) electrons. The molecule has 3 rings (SSSR count). The third-order valence-electron chi connectivity index (χ3n) is 2.86. The van der Waals surface area contributed by atoms with E-state index in [1.165, 1.54) is 6.20 Å². The zero-order valence-electron chi connectivity index (χ0n) is 8.64. The van der Waals surface area contributed by atoms with Crippen molar-refractivity contribution in [3.05, 3.63) is 46.2 Å². The van der Waals surface area contributed by atoms with E-state index in [9.17, 15) is 5.21 Å². The van der Waals surface area contributed by atoms with Gasteiger partial charge in [-0.05, 0) is 30.3 Å². The van der Waals surface area contributed by atoms with Gasteiger partial charge >= 0.3 is 0 Å². The summed E-state index contributed by atoms with van der Waals surface area (Å²) in [6.45, 7) is 0. The highest BCUT2D eigenvalue weighted by atomic mass is 79.9. The lowest BCUT2D eigenvalue weighted by molar-refractivity contribution is -0.580. The van der Waals surface area contributed by atoms with Crippen LogP contribution < -0.4 is 4.73 Å². The molecular weight excluding hydrogens is 268 g/mol. The van der Waals surface area contributed by atoms with E-state index in [0.29, 0.717) is 5.65 Å². The highest BCUT2D eigenvalue weighted by molar-refractivity contribution is 9.10. The molecule has 3 aromatic rings. The standard InChI is InChI=1S/C12H9BrN2O/c1-14-11-5-4-8(13)7-10(11)9-3-2-6-15(16)12(9)14/h2-7H,1H3. The largest absolute Gasteiger partial charge is 0.711 e. The minimum Gasteiger partial charge on any atom is -0.711 e. The van der Waals surface area contributed by atoms with Gasteiger partial charge in [0.05, 0.1) is 18.6 Å². The fourth-order valence-electron chi connectivity index (χ4n) is 2.15. The van der Waals surface area contributed by atoms with Gasteiger partial charge in [-0.25, -0.2) is 9.30 Å². The topological polar surface area (TPSA) is 31.9 Å². The van der Waals surface area contributed by atoms with Crippen LogP contribution in [-0.4, -0.2) is 4.57 Å². The molecule has 1 aromatic carbocycles.